The molecule has 2 amide bonds. The maximum Gasteiger partial charge on any atom is 0.243 e. The van der Waals surface area contributed by atoms with Gasteiger partial charge < -0.3 is 10.2 Å². The number of hydrogen-bond donors (Lipinski definition) is 1. The SMILES string of the molecule is CC[C@@H](C(=O)NCC(C)C)N(Cc1ccccc1Cl)C(=O)CN(C)S(=O)(=O)c1ccc2ccccc2c1. The number of carbonyl (C=O) groups excluding carboxylic acids is 2. The lowest BCUT2D eigenvalue weighted by atomic mass is 10.1. The zero-order valence-electron chi connectivity index (χ0n) is 21.6. The molecule has 7 nitrogen and oxygen atoms in total. The van der Waals surface area contributed by atoms with Gasteiger partial charge in [0.25, 0.3) is 0 Å². The van der Waals surface area contributed by atoms with E-state index in [-0.39, 0.29) is 23.3 Å². The van der Waals surface area contributed by atoms with E-state index in [2.05, 4.69) is 5.32 Å². The number of nitrogens with one attached hydrogen (secondary N) is 1. The standard InChI is InChI=1S/C28H34ClN3O4S/c1-5-26(28(34)30-17-20(2)3)32(18-23-12-8-9-13-25(23)29)27(33)19-31(4)37(35,36)24-15-14-21-10-6-7-11-22(21)16-24/h6-16,20,26H,5,17-19H2,1-4H3,(H,30,34)/t26-/m0/s1. The van der Waals surface area contributed by atoms with Crippen LogP contribution in [0.4, 0.5) is 0 Å². The van der Waals surface area contributed by atoms with E-state index < -0.39 is 28.5 Å². The topological polar surface area (TPSA) is 86.8 Å². The second-order valence-electron chi connectivity index (χ2n) is 9.45. The molecule has 0 aliphatic carbocycles. The van der Waals surface area contributed by atoms with Crippen molar-refractivity contribution < 1.29 is 18.0 Å². The molecule has 0 unspecified atom stereocenters. The van der Waals surface area contributed by atoms with Crippen molar-refractivity contribution in [3.8, 4) is 0 Å². The molecular formula is C28H34ClN3O4S. The number of fused-ring (bicyclic) bond motifs is 1. The summed E-state index contributed by atoms with van der Waals surface area (Å²) in [6, 6.07) is 18.7. The smallest absolute Gasteiger partial charge is 0.243 e. The van der Waals surface area contributed by atoms with Gasteiger partial charge in [-0.2, -0.15) is 4.31 Å². The molecule has 37 heavy (non-hydrogen) atoms. The molecule has 3 rings (SSSR count). The predicted octanol–water partition coefficient (Wildman–Crippen LogP) is 4.69. The average molecular weight is 544 g/mol. The van der Waals surface area contributed by atoms with Crippen molar-refractivity contribution >= 4 is 44.2 Å². The zero-order chi connectivity index (χ0) is 27.2. The van der Waals surface area contributed by atoms with Crippen LogP contribution in [0.2, 0.25) is 5.02 Å². The fourth-order valence-electron chi connectivity index (χ4n) is 4.03. The van der Waals surface area contributed by atoms with Gasteiger partial charge in [-0.15, -0.1) is 0 Å². The lowest BCUT2D eigenvalue weighted by Gasteiger charge is -2.32. The average Bonchev–Trinajstić information content (AvgIpc) is 2.87. The van der Waals surface area contributed by atoms with Crippen LogP contribution >= 0.6 is 11.6 Å². The molecule has 0 saturated heterocycles. The Morgan fingerprint density at radius 1 is 0.973 bits per heavy atom. The third-order valence-corrected chi connectivity index (χ3v) is 8.32. The highest BCUT2D eigenvalue weighted by molar-refractivity contribution is 7.89. The van der Waals surface area contributed by atoms with Crippen molar-refractivity contribution in [1.29, 1.82) is 0 Å². The van der Waals surface area contributed by atoms with Crippen molar-refractivity contribution in [2.75, 3.05) is 20.1 Å². The first-order valence-corrected chi connectivity index (χ1v) is 14.1. The first-order valence-electron chi connectivity index (χ1n) is 12.3. The van der Waals surface area contributed by atoms with E-state index in [0.717, 1.165) is 15.1 Å². The fraction of sp³-hybridized carbons (Fsp3) is 0.357. The Balaban J connectivity index is 1.88. The molecule has 0 heterocycles. The number of sulfonamides is 1. The van der Waals surface area contributed by atoms with Gasteiger partial charge in [-0.05, 0) is 46.9 Å². The minimum Gasteiger partial charge on any atom is -0.354 e. The number of rotatable bonds is 11. The summed E-state index contributed by atoms with van der Waals surface area (Å²) in [6.45, 7) is 5.92. The third kappa shape index (κ3) is 7.09. The monoisotopic (exact) mass is 543 g/mol. The highest BCUT2D eigenvalue weighted by Crippen LogP contribution is 2.23. The van der Waals surface area contributed by atoms with E-state index >= 15 is 0 Å². The molecular weight excluding hydrogens is 510 g/mol. The van der Waals surface area contributed by atoms with Gasteiger partial charge in [-0.3, -0.25) is 9.59 Å². The van der Waals surface area contributed by atoms with Crippen LogP contribution in [-0.4, -0.2) is 55.6 Å². The molecule has 0 aliphatic heterocycles. The van der Waals surface area contributed by atoms with Gasteiger partial charge in [0.2, 0.25) is 21.8 Å². The molecule has 0 fully saturated rings. The Morgan fingerprint density at radius 2 is 1.62 bits per heavy atom. The molecule has 198 valence electrons. The van der Waals surface area contributed by atoms with Gasteiger partial charge in [0.05, 0.1) is 11.4 Å². The van der Waals surface area contributed by atoms with Crippen LogP contribution in [0.3, 0.4) is 0 Å². The summed E-state index contributed by atoms with van der Waals surface area (Å²) < 4.78 is 27.7. The number of nitrogens with zero attached hydrogens (tertiary/aromatic N) is 2. The second kappa shape index (κ2) is 12.5. The zero-order valence-corrected chi connectivity index (χ0v) is 23.2. The molecule has 0 saturated carbocycles. The van der Waals surface area contributed by atoms with Crippen LogP contribution in [0, 0.1) is 5.92 Å². The number of halogens is 1. The van der Waals surface area contributed by atoms with Gasteiger partial charge in [-0.1, -0.05) is 80.9 Å². The maximum atomic E-state index is 13.6. The van der Waals surface area contributed by atoms with E-state index in [1.165, 1.54) is 18.0 Å². The molecule has 9 heteroatoms. The second-order valence-corrected chi connectivity index (χ2v) is 11.9. The van der Waals surface area contributed by atoms with E-state index in [1.807, 2.05) is 45.0 Å². The van der Waals surface area contributed by atoms with Gasteiger partial charge in [0.15, 0.2) is 0 Å². The van der Waals surface area contributed by atoms with Crippen LogP contribution < -0.4 is 5.32 Å². The molecule has 0 spiro atoms. The van der Waals surface area contributed by atoms with Crippen molar-refractivity contribution in [2.45, 2.75) is 44.7 Å². The van der Waals surface area contributed by atoms with Crippen LogP contribution in [-0.2, 0) is 26.2 Å². The molecule has 0 bridgehead atoms. The fourth-order valence-corrected chi connectivity index (χ4v) is 5.38. The summed E-state index contributed by atoms with van der Waals surface area (Å²) in [6.07, 6.45) is 0.362. The first kappa shape index (κ1) is 28.6. The minimum absolute atomic E-state index is 0.0793. The van der Waals surface area contributed by atoms with Crippen molar-refractivity contribution in [1.82, 2.24) is 14.5 Å². The third-order valence-electron chi connectivity index (χ3n) is 6.16. The summed E-state index contributed by atoms with van der Waals surface area (Å²) in [5.41, 5.74) is 0.674. The number of benzene rings is 3. The van der Waals surface area contributed by atoms with Crippen LogP contribution in [0.15, 0.2) is 71.6 Å². The van der Waals surface area contributed by atoms with Gasteiger partial charge in [0.1, 0.15) is 6.04 Å². The van der Waals surface area contributed by atoms with Crippen molar-refractivity contribution in [2.24, 2.45) is 5.92 Å². The molecule has 1 atom stereocenters. The number of carbonyl (C=O) groups is 2. The first-order chi connectivity index (χ1) is 17.5. The maximum absolute atomic E-state index is 13.6. The number of hydrogen-bond acceptors (Lipinski definition) is 4. The van der Waals surface area contributed by atoms with Crippen LogP contribution in [0.1, 0.15) is 32.8 Å². The Kier molecular flexibility index (Phi) is 9.70. The van der Waals surface area contributed by atoms with E-state index in [0.29, 0.717) is 23.6 Å². The highest BCUT2D eigenvalue weighted by Gasteiger charge is 2.32. The molecule has 0 aliphatic rings. The Hall–Kier alpha value is -2.94. The van der Waals surface area contributed by atoms with Gasteiger partial charge >= 0.3 is 0 Å². The molecule has 3 aromatic carbocycles. The van der Waals surface area contributed by atoms with E-state index in [1.54, 1.807) is 36.4 Å². The number of amides is 2. The molecule has 0 radical (unpaired) electrons. The lowest BCUT2D eigenvalue weighted by Crippen LogP contribution is -2.52. The lowest BCUT2D eigenvalue weighted by molar-refractivity contribution is -0.141. The largest absolute Gasteiger partial charge is 0.354 e. The normalized spacial score (nSPS) is 12.6. The minimum atomic E-state index is -3.95. The Morgan fingerprint density at radius 3 is 2.27 bits per heavy atom. The van der Waals surface area contributed by atoms with Crippen molar-refractivity contribution in [3.05, 3.63) is 77.3 Å². The van der Waals surface area contributed by atoms with Gasteiger partial charge in [-0.25, -0.2) is 8.42 Å². The van der Waals surface area contributed by atoms with Gasteiger partial charge in [0, 0.05) is 25.2 Å². The number of likely N-dealkylation sites (N-methyl/N-ethyl adjacent to an activating group) is 1. The molecule has 3 aromatic rings. The van der Waals surface area contributed by atoms with Crippen LogP contribution in [0.5, 0.6) is 0 Å². The summed E-state index contributed by atoms with van der Waals surface area (Å²) in [7, 11) is -2.58. The predicted molar refractivity (Wildman–Crippen MR) is 148 cm³/mol. The Labute approximate surface area is 224 Å². The van der Waals surface area contributed by atoms with E-state index in [9.17, 15) is 18.0 Å². The summed E-state index contributed by atoms with van der Waals surface area (Å²) in [5.74, 6) is -0.526. The van der Waals surface area contributed by atoms with E-state index in [4.69, 9.17) is 11.6 Å². The summed E-state index contributed by atoms with van der Waals surface area (Å²) >= 11 is 6.36. The van der Waals surface area contributed by atoms with Crippen LogP contribution in [0.25, 0.3) is 10.8 Å². The highest BCUT2D eigenvalue weighted by atomic mass is 35.5. The summed E-state index contributed by atoms with van der Waals surface area (Å²) in [4.78, 5) is 28.2. The molecule has 1 N–H and O–H groups in total. The Bertz CT molecular complexity index is 1360. The summed E-state index contributed by atoms with van der Waals surface area (Å²) in [5, 5.41) is 5.07. The molecule has 0 aromatic heterocycles. The quantitative estimate of drug-likeness (QED) is 0.380. The van der Waals surface area contributed by atoms with Crippen molar-refractivity contribution in [3.63, 3.8) is 0 Å².